The Kier molecular flexibility index (Phi) is 4.46. The molecular weight excluding hydrogens is 244 g/mol. The van der Waals surface area contributed by atoms with Gasteiger partial charge in [-0.2, -0.15) is 5.26 Å². The van der Waals surface area contributed by atoms with E-state index in [0.29, 0.717) is 12.2 Å². The van der Waals surface area contributed by atoms with Crippen LogP contribution in [0.25, 0.3) is 0 Å². The van der Waals surface area contributed by atoms with Crippen molar-refractivity contribution in [2.45, 2.75) is 19.4 Å². The molecule has 0 aliphatic rings. The first-order valence-corrected chi connectivity index (χ1v) is 5.88. The minimum absolute atomic E-state index is 0.0750. The predicted octanol–water partition coefficient (Wildman–Crippen LogP) is 2.22. The van der Waals surface area contributed by atoms with Gasteiger partial charge >= 0.3 is 0 Å². The van der Waals surface area contributed by atoms with Gasteiger partial charge in [-0.15, -0.1) is 0 Å². The number of likely N-dealkylation sites (N-methyl/N-ethyl adjacent to an activating group) is 1. The van der Waals surface area contributed by atoms with Crippen LogP contribution in [0.1, 0.15) is 19.4 Å². The van der Waals surface area contributed by atoms with E-state index in [1.165, 1.54) is 12.1 Å². The number of hydrogen-bond acceptors (Lipinski definition) is 5. The highest BCUT2D eigenvalue weighted by Crippen LogP contribution is 2.22. The van der Waals surface area contributed by atoms with Crippen molar-refractivity contribution in [1.82, 2.24) is 4.90 Å². The molecule has 102 valence electrons. The topological polar surface area (TPSA) is 82.2 Å². The zero-order valence-electron chi connectivity index (χ0n) is 11.6. The molecule has 0 fully saturated rings. The van der Waals surface area contributed by atoms with E-state index in [1.54, 1.807) is 6.07 Å². The third-order valence-electron chi connectivity index (χ3n) is 3.26. The highest BCUT2D eigenvalue weighted by atomic mass is 16.6. The highest BCUT2D eigenvalue weighted by Gasteiger charge is 2.20. The largest absolute Gasteiger partial charge is 0.382 e. The quantitative estimate of drug-likeness (QED) is 0.650. The molecule has 1 rings (SSSR count). The molecule has 0 spiro atoms. The van der Waals surface area contributed by atoms with Crippen LogP contribution in [0.2, 0.25) is 0 Å². The van der Waals surface area contributed by atoms with E-state index in [0.717, 1.165) is 0 Å². The maximum Gasteiger partial charge on any atom is 0.270 e. The second kappa shape index (κ2) is 5.67. The Hall–Kier alpha value is -2.13. The average molecular weight is 262 g/mol. The summed E-state index contributed by atoms with van der Waals surface area (Å²) in [6.45, 7) is 4.77. The van der Waals surface area contributed by atoms with Crippen molar-refractivity contribution >= 4 is 11.4 Å². The molecule has 0 aliphatic carbocycles. The molecule has 0 saturated heterocycles. The van der Waals surface area contributed by atoms with Crippen LogP contribution in [0.3, 0.4) is 0 Å². The summed E-state index contributed by atoms with van der Waals surface area (Å²) < 4.78 is 0. The fraction of sp³-hybridized carbons (Fsp3) is 0.462. The Morgan fingerprint density at radius 3 is 2.58 bits per heavy atom. The Bertz CT molecular complexity index is 518. The zero-order valence-corrected chi connectivity index (χ0v) is 11.6. The number of nitriles is 1. The van der Waals surface area contributed by atoms with E-state index in [4.69, 9.17) is 5.26 Å². The minimum Gasteiger partial charge on any atom is -0.382 e. The molecule has 1 aromatic carbocycles. The number of nitrogens with zero attached hydrogens (tertiary/aromatic N) is 3. The van der Waals surface area contributed by atoms with Crippen LogP contribution in [0.5, 0.6) is 0 Å². The van der Waals surface area contributed by atoms with Gasteiger partial charge in [0.25, 0.3) is 5.69 Å². The molecule has 0 aromatic heterocycles. The van der Waals surface area contributed by atoms with Gasteiger partial charge < -0.3 is 10.2 Å². The Balaban J connectivity index is 2.91. The van der Waals surface area contributed by atoms with Crippen molar-refractivity contribution in [2.24, 2.45) is 0 Å². The van der Waals surface area contributed by atoms with E-state index < -0.39 is 4.92 Å². The van der Waals surface area contributed by atoms with Crippen LogP contribution in [0.15, 0.2) is 18.2 Å². The van der Waals surface area contributed by atoms with E-state index >= 15 is 0 Å². The first kappa shape index (κ1) is 14.9. The number of anilines is 1. The van der Waals surface area contributed by atoms with Gasteiger partial charge in [0.05, 0.1) is 16.2 Å². The molecule has 1 aromatic rings. The van der Waals surface area contributed by atoms with Gasteiger partial charge in [-0.05, 0) is 34.0 Å². The van der Waals surface area contributed by atoms with Crippen LogP contribution in [0.4, 0.5) is 11.4 Å². The highest BCUT2D eigenvalue weighted by molar-refractivity contribution is 5.61. The van der Waals surface area contributed by atoms with Crippen molar-refractivity contribution in [1.29, 1.82) is 5.26 Å². The molecule has 0 aliphatic heterocycles. The first-order chi connectivity index (χ1) is 8.77. The SMILES string of the molecule is CN(C)C(C)(C)CNc1ccc([N+](=O)[O-])cc1C#N. The van der Waals surface area contributed by atoms with Crippen LogP contribution >= 0.6 is 0 Å². The molecule has 0 heterocycles. The summed E-state index contributed by atoms with van der Waals surface area (Å²) in [6, 6.07) is 6.23. The molecule has 0 amide bonds. The summed E-state index contributed by atoms with van der Waals surface area (Å²) in [5, 5.41) is 22.9. The third-order valence-corrected chi connectivity index (χ3v) is 3.26. The smallest absolute Gasteiger partial charge is 0.270 e. The number of non-ortho nitro benzene ring substituents is 1. The molecule has 0 atom stereocenters. The van der Waals surface area contributed by atoms with Gasteiger partial charge in [-0.1, -0.05) is 0 Å². The lowest BCUT2D eigenvalue weighted by Crippen LogP contribution is -2.44. The number of rotatable bonds is 5. The monoisotopic (exact) mass is 262 g/mol. The number of nitrogens with one attached hydrogen (secondary N) is 1. The molecule has 0 saturated carbocycles. The molecule has 6 nitrogen and oxygen atoms in total. The maximum atomic E-state index is 10.7. The number of nitro groups is 1. The molecule has 0 unspecified atom stereocenters. The Morgan fingerprint density at radius 1 is 1.47 bits per heavy atom. The van der Waals surface area contributed by atoms with E-state index in [1.807, 2.05) is 20.2 Å². The summed E-state index contributed by atoms with van der Waals surface area (Å²) in [5.41, 5.74) is 0.731. The van der Waals surface area contributed by atoms with Crippen molar-refractivity contribution < 1.29 is 4.92 Å². The lowest BCUT2D eigenvalue weighted by Gasteiger charge is -2.33. The standard InChI is InChI=1S/C13H18N4O2/c1-13(2,16(3)4)9-15-12-6-5-11(17(18)19)7-10(12)8-14/h5-7,15H,9H2,1-4H3. The molecule has 0 radical (unpaired) electrons. The summed E-state index contributed by atoms with van der Waals surface area (Å²) in [5.74, 6) is 0. The molecule has 19 heavy (non-hydrogen) atoms. The van der Waals surface area contributed by atoms with Crippen LogP contribution in [-0.2, 0) is 0 Å². The Morgan fingerprint density at radius 2 is 2.11 bits per heavy atom. The molecule has 1 N–H and O–H groups in total. The number of benzene rings is 1. The van der Waals surface area contributed by atoms with Gasteiger partial charge in [0.15, 0.2) is 0 Å². The van der Waals surface area contributed by atoms with Gasteiger partial charge in [0, 0.05) is 24.2 Å². The van der Waals surface area contributed by atoms with Gasteiger partial charge in [0.1, 0.15) is 6.07 Å². The van der Waals surface area contributed by atoms with E-state index in [9.17, 15) is 10.1 Å². The van der Waals surface area contributed by atoms with Crippen molar-refractivity contribution in [2.75, 3.05) is 26.0 Å². The van der Waals surface area contributed by atoms with E-state index in [-0.39, 0.29) is 16.8 Å². The number of nitro benzene ring substituents is 1. The third kappa shape index (κ3) is 3.66. The molecule has 0 bridgehead atoms. The maximum absolute atomic E-state index is 10.7. The second-order valence-electron chi connectivity index (χ2n) is 5.16. The zero-order chi connectivity index (χ0) is 14.6. The van der Waals surface area contributed by atoms with E-state index in [2.05, 4.69) is 24.1 Å². The summed E-state index contributed by atoms with van der Waals surface area (Å²) in [7, 11) is 3.95. The first-order valence-electron chi connectivity index (χ1n) is 5.88. The Labute approximate surface area is 112 Å². The lowest BCUT2D eigenvalue weighted by atomic mass is 10.0. The minimum atomic E-state index is -0.506. The van der Waals surface area contributed by atoms with Gasteiger partial charge in [0.2, 0.25) is 0 Å². The fourth-order valence-electron chi connectivity index (χ4n) is 1.36. The average Bonchev–Trinajstić information content (AvgIpc) is 2.35. The van der Waals surface area contributed by atoms with Crippen LogP contribution in [0, 0.1) is 21.4 Å². The predicted molar refractivity (Wildman–Crippen MR) is 74.1 cm³/mol. The van der Waals surface area contributed by atoms with Crippen LogP contribution < -0.4 is 5.32 Å². The molecular formula is C13H18N4O2. The summed E-state index contributed by atoms with van der Waals surface area (Å²) >= 11 is 0. The summed E-state index contributed by atoms with van der Waals surface area (Å²) in [4.78, 5) is 12.2. The van der Waals surface area contributed by atoms with Crippen LogP contribution in [-0.4, -0.2) is 36.0 Å². The van der Waals surface area contributed by atoms with Gasteiger partial charge in [-0.3, -0.25) is 10.1 Å². The van der Waals surface area contributed by atoms with Crippen molar-refractivity contribution in [3.05, 3.63) is 33.9 Å². The molecule has 6 heteroatoms. The second-order valence-corrected chi connectivity index (χ2v) is 5.16. The van der Waals surface area contributed by atoms with Crippen molar-refractivity contribution in [3.63, 3.8) is 0 Å². The number of hydrogen-bond donors (Lipinski definition) is 1. The lowest BCUT2D eigenvalue weighted by molar-refractivity contribution is -0.384. The summed E-state index contributed by atoms with van der Waals surface area (Å²) in [6.07, 6.45) is 0. The normalized spacial score (nSPS) is 11.2. The van der Waals surface area contributed by atoms with Gasteiger partial charge in [-0.25, -0.2) is 0 Å². The van der Waals surface area contributed by atoms with Crippen molar-refractivity contribution in [3.8, 4) is 6.07 Å². The fourth-order valence-corrected chi connectivity index (χ4v) is 1.36.